The highest BCUT2D eigenvalue weighted by Crippen LogP contribution is 2.13. The smallest absolute Gasteiger partial charge is 0.153 e. The van der Waals surface area contributed by atoms with Gasteiger partial charge < -0.3 is 0 Å². The molecule has 52 valence electrons. The molecule has 2 nitrogen and oxygen atoms in total. The predicted octanol–water partition coefficient (Wildman–Crippen LogP) is 1.86. The second-order valence-corrected chi connectivity index (χ2v) is 2.31. The molecular weight excluding hydrogens is 150 g/mol. The van der Waals surface area contributed by atoms with E-state index in [0.29, 0.717) is 11.8 Å². The number of pyridine rings is 1. The number of hydrogen-bond donors (Lipinski definition) is 0. The van der Waals surface area contributed by atoms with Gasteiger partial charge in [-0.3, -0.25) is 4.79 Å². The van der Waals surface area contributed by atoms with Crippen molar-refractivity contribution in [1.29, 1.82) is 0 Å². The van der Waals surface area contributed by atoms with Gasteiger partial charge in [-0.2, -0.15) is 0 Å². The van der Waals surface area contributed by atoms with Crippen molar-refractivity contribution in [3.63, 3.8) is 0 Å². The number of nitrogens with zero attached hydrogens (tertiary/aromatic N) is 1. The highest BCUT2D eigenvalue weighted by atomic mass is 35.5. The van der Waals surface area contributed by atoms with Crippen LogP contribution in [0.1, 0.15) is 15.9 Å². The Kier molecular flexibility index (Phi) is 2.02. The average molecular weight is 156 g/mol. The van der Waals surface area contributed by atoms with E-state index in [1.807, 2.05) is 6.92 Å². The number of aldehydes is 1. The number of aryl methyl sites for hydroxylation is 1. The summed E-state index contributed by atoms with van der Waals surface area (Å²) in [6, 6.07) is 1.75. The zero-order chi connectivity index (χ0) is 7.56. The molecule has 0 spiro atoms. The lowest BCUT2D eigenvalue weighted by atomic mass is 10.2. The van der Waals surface area contributed by atoms with Crippen molar-refractivity contribution in [3.05, 3.63) is 28.5 Å². The molecule has 0 atom stereocenters. The Bertz CT molecular complexity index is 240. The SMILES string of the molecule is Cc1ccnc(Cl)c1C=O. The number of hydrogen-bond acceptors (Lipinski definition) is 2. The first-order chi connectivity index (χ1) is 4.75. The summed E-state index contributed by atoms with van der Waals surface area (Å²) in [5, 5.41) is 0.273. The summed E-state index contributed by atoms with van der Waals surface area (Å²) in [5.41, 5.74) is 1.33. The van der Waals surface area contributed by atoms with Crippen LogP contribution in [0.5, 0.6) is 0 Å². The minimum Gasteiger partial charge on any atom is -0.298 e. The third-order valence-electron chi connectivity index (χ3n) is 1.28. The third-order valence-corrected chi connectivity index (χ3v) is 1.58. The lowest BCUT2D eigenvalue weighted by Gasteiger charge is -1.96. The first-order valence-electron chi connectivity index (χ1n) is 2.82. The van der Waals surface area contributed by atoms with E-state index in [0.717, 1.165) is 5.56 Å². The van der Waals surface area contributed by atoms with Gasteiger partial charge in [-0.25, -0.2) is 4.98 Å². The predicted molar refractivity (Wildman–Crippen MR) is 39.4 cm³/mol. The molecule has 0 aliphatic heterocycles. The zero-order valence-corrected chi connectivity index (χ0v) is 6.22. The van der Waals surface area contributed by atoms with Gasteiger partial charge in [0.05, 0.1) is 5.56 Å². The molecule has 0 saturated heterocycles. The van der Waals surface area contributed by atoms with Gasteiger partial charge in [-0.15, -0.1) is 0 Å². The summed E-state index contributed by atoms with van der Waals surface area (Å²) in [4.78, 5) is 14.1. The molecule has 1 aromatic heterocycles. The molecule has 1 rings (SSSR count). The fraction of sp³-hybridized carbons (Fsp3) is 0.143. The van der Waals surface area contributed by atoms with Crippen molar-refractivity contribution in [1.82, 2.24) is 4.98 Å². The van der Waals surface area contributed by atoms with Gasteiger partial charge in [0.15, 0.2) is 6.29 Å². The van der Waals surface area contributed by atoms with Crippen LogP contribution in [-0.2, 0) is 0 Å². The van der Waals surface area contributed by atoms with E-state index >= 15 is 0 Å². The molecule has 0 unspecified atom stereocenters. The van der Waals surface area contributed by atoms with Crippen molar-refractivity contribution in [2.24, 2.45) is 0 Å². The fourth-order valence-electron chi connectivity index (χ4n) is 0.678. The Morgan fingerprint density at radius 3 is 2.80 bits per heavy atom. The van der Waals surface area contributed by atoms with Crippen molar-refractivity contribution in [2.45, 2.75) is 6.92 Å². The van der Waals surface area contributed by atoms with E-state index in [2.05, 4.69) is 4.98 Å². The Morgan fingerprint density at radius 2 is 2.40 bits per heavy atom. The van der Waals surface area contributed by atoms with Gasteiger partial charge in [-0.05, 0) is 18.6 Å². The summed E-state index contributed by atoms with van der Waals surface area (Å²) in [6.45, 7) is 1.82. The lowest BCUT2D eigenvalue weighted by molar-refractivity contribution is 0.112. The lowest BCUT2D eigenvalue weighted by Crippen LogP contribution is -1.89. The maximum atomic E-state index is 10.3. The summed E-state index contributed by atoms with van der Waals surface area (Å²) in [7, 11) is 0. The topological polar surface area (TPSA) is 30.0 Å². The van der Waals surface area contributed by atoms with Crippen molar-refractivity contribution in [3.8, 4) is 0 Å². The highest BCUT2D eigenvalue weighted by Gasteiger charge is 2.01. The second kappa shape index (κ2) is 2.80. The molecule has 0 N–H and O–H groups in total. The summed E-state index contributed by atoms with van der Waals surface area (Å²) in [5.74, 6) is 0. The van der Waals surface area contributed by atoms with E-state index in [1.54, 1.807) is 12.3 Å². The fourth-order valence-corrected chi connectivity index (χ4v) is 0.928. The molecule has 1 heterocycles. The standard InChI is InChI=1S/C7H6ClNO/c1-5-2-3-9-7(8)6(5)4-10/h2-4H,1H3. The third kappa shape index (κ3) is 1.16. The number of halogens is 1. The van der Waals surface area contributed by atoms with Crippen LogP contribution >= 0.6 is 11.6 Å². The molecular formula is C7H6ClNO. The first-order valence-corrected chi connectivity index (χ1v) is 3.20. The van der Waals surface area contributed by atoms with E-state index in [1.165, 1.54) is 0 Å². The zero-order valence-electron chi connectivity index (χ0n) is 5.47. The summed E-state index contributed by atoms with van der Waals surface area (Å²) < 4.78 is 0. The molecule has 0 amide bonds. The highest BCUT2D eigenvalue weighted by molar-refractivity contribution is 6.31. The molecule has 3 heteroatoms. The van der Waals surface area contributed by atoms with Gasteiger partial charge in [0.2, 0.25) is 0 Å². The molecule has 0 aliphatic carbocycles. The van der Waals surface area contributed by atoms with Crippen molar-refractivity contribution in [2.75, 3.05) is 0 Å². The molecule has 0 aromatic carbocycles. The van der Waals surface area contributed by atoms with Crippen LogP contribution in [0.25, 0.3) is 0 Å². The number of carbonyl (C=O) groups is 1. The van der Waals surface area contributed by atoms with E-state index in [-0.39, 0.29) is 5.15 Å². The van der Waals surface area contributed by atoms with Crippen LogP contribution in [0.3, 0.4) is 0 Å². The maximum absolute atomic E-state index is 10.3. The molecule has 0 aliphatic rings. The van der Waals surface area contributed by atoms with E-state index < -0.39 is 0 Å². The first kappa shape index (κ1) is 7.22. The second-order valence-electron chi connectivity index (χ2n) is 1.95. The summed E-state index contributed by atoms with van der Waals surface area (Å²) in [6.07, 6.45) is 2.29. The van der Waals surface area contributed by atoms with Gasteiger partial charge in [0, 0.05) is 6.20 Å². The minimum absolute atomic E-state index is 0.273. The molecule has 1 aromatic rings. The Hall–Kier alpha value is -0.890. The van der Waals surface area contributed by atoms with Gasteiger partial charge in [-0.1, -0.05) is 11.6 Å². The summed E-state index contributed by atoms with van der Waals surface area (Å²) >= 11 is 5.59. The maximum Gasteiger partial charge on any atom is 0.153 e. The van der Waals surface area contributed by atoms with E-state index in [4.69, 9.17) is 11.6 Å². The van der Waals surface area contributed by atoms with Gasteiger partial charge in [0.1, 0.15) is 5.15 Å². The normalized spacial score (nSPS) is 9.40. The van der Waals surface area contributed by atoms with Crippen molar-refractivity contribution < 1.29 is 4.79 Å². The van der Waals surface area contributed by atoms with Crippen molar-refractivity contribution >= 4 is 17.9 Å². The van der Waals surface area contributed by atoms with Crippen LogP contribution < -0.4 is 0 Å². The number of aromatic nitrogens is 1. The Morgan fingerprint density at radius 1 is 1.70 bits per heavy atom. The molecule has 0 saturated carbocycles. The van der Waals surface area contributed by atoms with Crippen LogP contribution in [0, 0.1) is 6.92 Å². The molecule has 10 heavy (non-hydrogen) atoms. The quantitative estimate of drug-likeness (QED) is 0.458. The molecule has 0 bridgehead atoms. The van der Waals surface area contributed by atoms with Gasteiger partial charge in [0.25, 0.3) is 0 Å². The van der Waals surface area contributed by atoms with Crippen LogP contribution in [0.4, 0.5) is 0 Å². The molecule has 0 fully saturated rings. The van der Waals surface area contributed by atoms with Crippen LogP contribution in [-0.4, -0.2) is 11.3 Å². The molecule has 0 radical (unpaired) electrons. The Balaban J connectivity index is 3.30. The average Bonchev–Trinajstić information content (AvgIpc) is 1.88. The van der Waals surface area contributed by atoms with E-state index in [9.17, 15) is 4.79 Å². The Labute approximate surface area is 63.8 Å². The van der Waals surface area contributed by atoms with Gasteiger partial charge >= 0.3 is 0 Å². The number of carbonyl (C=O) groups excluding carboxylic acids is 1. The van der Waals surface area contributed by atoms with Crippen LogP contribution in [0.2, 0.25) is 5.15 Å². The monoisotopic (exact) mass is 155 g/mol. The number of rotatable bonds is 1. The minimum atomic E-state index is 0.273. The largest absolute Gasteiger partial charge is 0.298 e. The van der Waals surface area contributed by atoms with Crippen LogP contribution in [0.15, 0.2) is 12.3 Å².